The minimum atomic E-state index is 0.342. The molecule has 0 aliphatic carbocycles. The Kier molecular flexibility index (Phi) is 5.08. The molecule has 0 unspecified atom stereocenters. The maximum atomic E-state index is 5.73. The Bertz CT molecular complexity index is 659. The summed E-state index contributed by atoms with van der Waals surface area (Å²) in [5.74, 6) is 2.79. The second kappa shape index (κ2) is 7.62. The summed E-state index contributed by atoms with van der Waals surface area (Å²) < 4.78 is 7.83. The second-order valence-electron chi connectivity index (χ2n) is 7.39. The summed E-state index contributed by atoms with van der Waals surface area (Å²) in [5, 5.41) is 11.8. The number of fused-ring (bicyclic) bond motifs is 1. The zero-order chi connectivity index (χ0) is 17.1. The van der Waals surface area contributed by atoms with E-state index in [1.807, 2.05) is 13.0 Å². The molecule has 1 saturated heterocycles. The van der Waals surface area contributed by atoms with Crippen LogP contribution in [0.25, 0.3) is 0 Å². The summed E-state index contributed by atoms with van der Waals surface area (Å²) in [5.41, 5.74) is 1.08. The Morgan fingerprint density at radius 2 is 2.24 bits per heavy atom. The molecule has 0 spiro atoms. The summed E-state index contributed by atoms with van der Waals surface area (Å²) in [6.45, 7) is 8.33. The Labute approximate surface area is 149 Å². The molecule has 0 saturated carbocycles. The topological polar surface area (TPSA) is 58.3 Å². The van der Waals surface area contributed by atoms with E-state index in [9.17, 15) is 0 Å². The van der Waals surface area contributed by atoms with Crippen LogP contribution in [0.4, 0.5) is 5.82 Å². The molecular formula is C19H29N5O. The third-order valence-corrected chi connectivity index (χ3v) is 5.38. The molecular weight excluding hydrogens is 314 g/mol. The maximum absolute atomic E-state index is 5.73. The van der Waals surface area contributed by atoms with Gasteiger partial charge in [0.15, 0.2) is 0 Å². The zero-order valence-electron chi connectivity index (χ0n) is 15.1. The number of likely N-dealkylation sites (tertiary alicyclic amines) is 1. The van der Waals surface area contributed by atoms with E-state index in [1.54, 1.807) is 6.26 Å². The van der Waals surface area contributed by atoms with Crippen LogP contribution in [0.2, 0.25) is 0 Å². The van der Waals surface area contributed by atoms with Gasteiger partial charge in [-0.1, -0.05) is 6.42 Å². The smallest absolute Gasteiger partial charge is 0.124 e. The number of rotatable bonds is 6. The summed E-state index contributed by atoms with van der Waals surface area (Å²) in [6, 6.07) is 6.57. The summed E-state index contributed by atoms with van der Waals surface area (Å²) in [6.07, 6.45) is 5.74. The SMILES string of the molecule is Cc1cc2n(n1)C[C@H](CNC[C@H](c1ccco1)N1CCCCC1)CN2. The molecule has 6 heteroatoms. The van der Waals surface area contributed by atoms with E-state index < -0.39 is 0 Å². The van der Waals surface area contributed by atoms with Crippen LogP contribution in [0.3, 0.4) is 0 Å². The van der Waals surface area contributed by atoms with E-state index in [4.69, 9.17) is 4.42 Å². The molecule has 0 amide bonds. The van der Waals surface area contributed by atoms with Gasteiger partial charge in [0, 0.05) is 38.2 Å². The molecule has 4 heterocycles. The highest BCUT2D eigenvalue weighted by atomic mass is 16.3. The molecule has 2 aliphatic rings. The first-order valence-corrected chi connectivity index (χ1v) is 9.56. The fourth-order valence-corrected chi connectivity index (χ4v) is 4.07. The molecule has 0 radical (unpaired) electrons. The van der Waals surface area contributed by atoms with E-state index in [0.717, 1.165) is 43.5 Å². The highest BCUT2D eigenvalue weighted by molar-refractivity contribution is 5.38. The predicted molar refractivity (Wildman–Crippen MR) is 98.7 cm³/mol. The van der Waals surface area contributed by atoms with Crippen molar-refractivity contribution in [2.75, 3.05) is 38.0 Å². The van der Waals surface area contributed by atoms with Crippen molar-refractivity contribution >= 4 is 5.82 Å². The Morgan fingerprint density at radius 3 is 3.04 bits per heavy atom. The van der Waals surface area contributed by atoms with Crippen LogP contribution >= 0.6 is 0 Å². The number of aromatic nitrogens is 2. The van der Waals surface area contributed by atoms with Gasteiger partial charge in [-0.15, -0.1) is 0 Å². The van der Waals surface area contributed by atoms with Gasteiger partial charge < -0.3 is 15.1 Å². The average Bonchev–Trinajstić information content (AvgIpc) is 3.28. The van der Waals surface area contributed by atoms with Crippen molar-refractivity contribution in [1.29, 1.82) is 0 Å². The molecule has 4 rings (SSSR count). The number of hydrogen-bond donors (Lipinski definition) is 2. The summed E-state index contributed by atoms with van der Waals surface area (Å²) in [4.78, 5) is 2.57. The lowest BCUT2D eigenvalue weighted by molar-refractivity contribution is 0.141. The predicted octanol–water partition coefficient (Wildman–Crippen LogP) is 2.64. The zero-order valence-corrected chi connectivity index (χ0v) is 15.1. The van der Waals surface area contributed by atoms with Crippen LogP contribution in [0.5, 0.6) is 0 Å². The van der Waals surface area contributed by atoms with Crippen molar-refractivity contribution in [3.05, 3.63) is 35.9 Å². The van der Waals surface area contributed by atoms with Crippen molar-refractivity contribution in [2.24, 2.45) is 5.92 Å². The van der Waals surface area contributed by atoms with Crippen molar-refractivity contribution in [1.82, 2.24) is 20.0 Å². The van der Waals surface area contributed by atoms with E-state index >= 15 is 0 Å². The maximum Gasteiger partial charge on any atom is 0.124 e. The van der Waals surface area contributed by atoms with Gasteiger partial charge in [-0.05, 0) is 45.0 Å². The molecule has 1 fully saturated rings. The first kappa shape index (κ1) is 16.7. The minimum Gasteiger partial charge on any atom is -0.468 e. The lowest BCUT2D eigenvalue weighted by Gasteiger charge is -2.34. The standard InChI is InChI=1S/C19H29N5O/c1-15-10-19-21-12-16(14-24(19)22-15)11-20-13-17(18-6-5-9-25-18)23-7-3-2-4-8-23/h5-6,9-10,16-17,20-21H,2-4,7-8,11-14H2,1H3/t16-,17-/m1/s1. The molecule has 2 aliphatic heterocycles. The number of anilines is 1. The van der Waals surface area contributed by atoms with Crippen LogP contribution < -0.4 is 10.6 Å². The van der Waals surface area contributed by atoms with Crippen molar-refractivity contribution in [3.63, 3.8) is 0 Å². The Morgan fingerprint density at radius 1 is 1.36 bits per heavy atom. The van der Waals surface area contributed by atoms with E-state index in [1.165, 1.54) is 32.4 Å². The van der Waals surface area contributed by atoms with Crippen LogP contribution in [0, 0.1) is 12.8 Å². The molecule has 2 N–H and O–H groups in total. The fourth-order valence-electron chi connectivity index (χ4n) is 4.07. The van der Waals surface area contributed by atoms with Crippen LogP contribution in [0.1, 0.15) is 36.8 Å². The van der Waals surface area contributed by atoms with E-state index in [2.05, 4.69) is 37.4 Å². The second-order valence-corrected chi connectivity index (χ2v) is 7.39. The summed E-state index contributed by atoms with van der Waals surface area (Å²) in [7, 11) is 0. The number of aryl methyl sites for hydroxylation is 1. The molecule has 136 valence electrons. The minimum absolute atomic E-state index is 0.342. The monoisotopic (exact) mass is 343 g/mol. The number of piperidine rings is 1. The third kappa shape index (κ3) is 3.90. The molecule has 2 aromatic heterocycles. The van der Waals surface area contributed by atoms with Crippen molar-refractivity contribution < 1.29 is 4.42 Å². The summed E-state index contributed by atoms with van der Waals surface area (Å²) >= 11 is 0. The molecule has 2 atom stereocenters. The van der Waals surface area contributed by atoms with Crippen LogP contribution in [-0.4, -0.2) is 47.4 Å². The largest absolute Gasteiger partial charge is 0.468 e. The quantitative estimate of drug-likeness (QED) is 0.844. The highest BCUT2D eigenvalue weighted by Gasteiger charge is 2.25. The van der Waals surface area contributed by atoms with Gasteiger partial charge >= 0.3 is 0 Å². The van der Waals surface area contributed by atoms with Crippen LogP contribution in [0.15, 0.2) is 28.9 Å². The lowest BCUT2D eigenvalue weighted by Crippen LogP contribution is -2.41. The fraction of sp³-hybridized carbons (Fsp3) is 0.632. The first-order chi connectivity index (χ1) is 12.3. The van der Waals surface area contributed by atoms with E-state index in [-0.39, 0.29) is 0 Å². The molecule has 2 aromatic rings. The molecule has 0 aromatic carbocycles. The van der Waals surface area contributed by atoms with Crippen molar-refractivity contribution in [3.8, 4) is 0 Å². The average molecular weight is 343 g/mol. The van der Waals surface area contributed by atoms with Gasteiger partial charge in [0.2, 0.25) is 0 Å². The Hall–Kier alpha value is -1.79. The number of nitrogens with zero attached hydrogens (tertiary/aromatic N) is 3. The van der Waals surface area contributed by atoms with Gasteiger partial charge in [0.25, 0.3) is 0 Å². The lowest BCUT2D eigenvalue weighted by atomic mass is 10.1. The van der Waals surface area contributed by atoms with Gasteiger partial charge in [0.1, 0.15) is 11.6 Å². The number of hydrogen-bond acceptors (Lipinski definition) is 5. The van der Waals surface area contributed by atoms with Crippen molar-refractivity contribution in [2.45, 2.75) is 38.8 Å². The number of nitrogens with one attached hydrogen (secondary N) is 2. The van der Waals surface area contributed by atoms with Gasteiger partial charge in [0.05, 0.1) is 18.0 Å². The molecule has 0 bridgehead atoms. The van der Waals surface area contributed by atoms with Crippen LogP contribution in [-0.2, 0) is 6.54 Å². The van der Waals surface area contributed by atoms with Gasteiger partial charge in [-0.2, -0.15) is 5.10 Å². The van der Waals surface area contributed by atoms with E-state index in [0.29, 0.717) is 12.0 Å². The molecule has 25 heavy (non-hydrogen) atoms. The third-order valence-electron chi connectivity index (χ3n) is 5.38. The Balaban J connectivity index is 1.32. The first-order valence-electron chi connectivity index (χ1n) is 9.56. The molecule has 6 nitrogen and oxygen atoms in total. The van der Waals surface area contributed by atoms with Gasteiger partial charge in [-0.25, -0.2) is 4.68 Å². The number of furan rings is 1. The normalized spacial score (nSPS) is 22.4. The highest BCUT2D eigenvalue weighted by Crippen LogP contribution is 2.25. The van der Waals surface area contributed by atoms with Gasteiger partial charge in [-0.3, -0.25) is 4.90 Å².